The van der Waals surface area contributed by atoms with Gasteiger partial charge in [-0.3, -0.25) is 4.79 Å². The summed E-state index contributed by atoms with van der Waals surface area (Å²) in [5, 5.41) is 5.20. The molecule has 1 aliphatic heterocycles. The van der Waals surface area contributed by atoms with E-state index in [0.29, 0.717) is 18.1 Å². The van der Waals surface area contributed by atoms with Crippen molar-refractivity contribution in [2.45, 2.75) is 19.4 Å². The van der Waals surface area contributed by atoms with Crippen molar-refractivity contribution >= 4 is 23.6 Å². The van der Waals surface area contributed by atoms with Crippen LogP contribution in [-0.2, 0) is 19.4 Å². The maximum Gasteiger partial charge on any atom is 0.254 e. The van der Waals surface area contributed by atoms with Gasteiger partial charge in [0.2, 0.25) is 0 Å². The van der Waals surface area contributed by atoms with Gasteiger partial charge in [-0.2, -0.15) is 5.10 Å². The molecule has 5 rings (SSSR count). The van der Waals surface area contributed by atoms with Crippen LogP contribution >= 0.6 is 11.6 Å². The van der Waals surface area contributed by atoms with Gasteiger partial charge >= 0.3 is 0 Å². The van der Waals surface area contributed by atoms with Gasteiger partial charge in [0.25, 0.3) is 5.91 Å². The molecule has 0 saturated carbocycles. The average molecular weight is 376 g/mol. The first kappa shape index (κ1) is 16.3. The number of fused-ring (bicyclic) bond motifs is 2. The van der Waals surface area contributed by atoms with Gasteiger partial charge in [-0.1, -0.05) is 42.0 Å². The van der Waals surface area contributed by atoms with Crippen LogP contribution < -0.4 is 0 Å². The number of nitrogens with zero attached hydrogens (tertiary/aromatic N) is 3. The number of carbonyl (C=O) groups is 1. The van der Waals surface area contributed by atoms with Crippen molar-refractivity contribution in [2.75, 3.05) is 6.54 Å². The zero-order chi connectivity index (χ0) is 18.4. The van der Waals surface area contributed by atoms with Gasteiger partial charge in [-0.25, -0.2) is 4.68 Å². The number of benzene rings is 2. The second-order valence-corrected chi connectivity index (χ2v) is 7.38. The summed E-state index contributed by atoms with van der Waals surface area (Å²) in [6.07, 6.45) is 7.79. The van der Waals surface area contributed by atoms with Crippen molar-refractivity contribution in [3.8, 4) is 5.69 Å². The molecule has 4 nitrogen and oxygen atoms in total. The molecular weight excluding hydrogens is 358 g/mol. The van der Waals surface area contributed by atoms with E-state index in [4.69, 9.17) is 11.6 Å². The second kappa shape index (κ2) is 6.39. The number of carbonyl (C=O) groups excluding carboxylic acids is 1. The van der Waals surface area contributed by atoms with Gasteiger partial charge in [0.1, 0.15) is 0 Å². The lowest BCUT2D eigenvalue weighted by Gasteiger charge is -2.27. The molecule has 0 saturated heterocycles. The number of allylic oxidation sites excluding steroid dienone is 1. The van der Waals surface area contributed by atoms with E-state index < -0.39 is 0 Å². The zero-order valence-electron chi connectivity index (χ0n) is 14.7. The Hall–Kier alpha value is -2.85. The molecule has 3 aromatic rings. The van der Waals surface area contributed by atoms with E-state index in [1.165, 1.54) is 5.56 Å². The van der Waals surface area contributed by atoms with Crippen LogP contribution in [0.5, 0.6) is 0 Å². The lowest BCUT2D eigenvalue weighted by Crippen LogP contribution is -2.36. The van der Waals surface area contributed by atoms with Crippen LogP contribution in [-0.4, -0.2) is 27.1 Å². The van der Waals surface area contributed by atoms with Crippen molar-refractivity contribution in [2.24, 2.45) is 0 Å². The van der Waals surface area contributed by atoms with Gasteiger partial charge in [-0.05, 0) is 41.8 Å². The number of hydrogen-bond acceptors (Lipinski definition) is 2. The minimum Gasteiger partial charge on any atom is -0.334 e. The third-order valence-corrected chi connectivity index (χ3v) is 5.65. The first-order chi connectivity index (χ1) is 13.2. The van der Waals surface area contributed by atoms with E-state index >= 15 is 0 Å². The summed E-state index contributed by atoms with van der Waals surface area (Å²) in [6.45, 7) is 1.25. The number of aromatic nitrogens is 2. The van der Waals surface area contributed by atoms with Crippen molar-refractivity contribution in [1.82, 2.24) is 14.7 Å². The highest BCUT2D eigenvalue weighted by Crippen LogP contribution is 2.27. The van der Waals surface area contributed by atoms with E-state index in [9.17, 15) is 4.79 Å². The summed E-state index contributed by atoms with van der Waals surface area (Å²) < 4.78 is 1.90. The van der Waals surface area contributed by atoms with Gasteiger partial charge in [0.15, 0.2) is 0 Å². The van der Waals surface area contributed by atoms with Gasteiger partial charge in [0, 0.05) is 30.6 Å². The molecule has 0 radical (unpaired) electrons. The summed E-state index contributed by atoms with van der Waals surface area (Å²) >= 11 is 6.33. The normalized spacial score (nSPS) is 14.9. The number of hydrogen-bond donors (Lipinski definition) is 0. The fraction of sp³-hybridized carbons (Fsp3) is 0.182. The van der Waals surface area contributed by atoms with E-state index in [0.717, 1.165) is 40.9 Å². The predicted molar refractivity (Wildman–Crippen MR) is 106 cm³/mol. The third-order valence-electron chi connectivity index (χ3n) is 5.33. The minimum absolute atomic E-state index is 0.0780. The molecule has 2 heterocycles. The molecule has 27 heavy (non-hydrogen) atoms. The number of amides is 1. The molecule has 0 unspecified atom stereocenters. The largest absolute Gasteiger partial charge is 0.334 e. The number of para-hydroxylation sites is 1. The molecule has 0 fully saturated rings. The maximum atomic E-state index is 13.0. The highest BCUT2D eigenvalue weighted by atomic mass is 35.5. The van der Waals surface area contributed by atoms with Crippen molar-refractivity contribution in [3.05, 3.63) is 87.7 Å². The number of rotatable bonds is 2. The van der Waals surface area contributed by atoms with E-state index in [1.54, 1.807) is 0 Å². The fourth-order valence-corrected chi connectivity index (χ4v) is 4.12. The summed E-state index contributed by atoms with van der Waals surface area (Å²) in [6, 6.07) is 13.7. The summed E-state index contributed by atoms with van der Waals surface area (Å²) in [5.74, 6) is 0.0780. The highest BCUT2D eigenvalue weighted by Gasteiger charge is 2.26. The Balaban J connectivity index is 1.41. The summed E-state index contributed by atoms with van der Waals surface area (Å²) in [7, 11) is 0. The molecule has 0 atom stereocenters. The van der Waals surface area contributed by atoms with Crippen LogP contribution in [0.1, 0.15) is 32.7 Å². The van der Waals surface area contributed by atoms with Crippen LogP contribution in [0.2, 0.25) is 5.02 Å². The molecule has 1 aliphatic carbocycles. The Morgan fingerprint density at radius 2 is 2.00 bits per heavy atom. The smallest absolute Gasteiger partial charge is 0.254 e. The van der Waals surface area contributed by atoms with Crippen LogP contribution in [0, 0.1) is 0 Å². The zero-order valence-corrected chi connectivity index (χ0v) is 15.5. The molecule has 0 spiro atoms. The third kappa shape index (κ3) is 2.77. The molecule has 2 aromatic carbocycles. The fourth-order valence-electron chi connectivity index (χ4n) is 3.90. The Kier molecular flexibility index (Phi) is 3.87. The Bertz CT molecular complexity index is 1080. The molecule has 0 N–H and O–H groups in total. The Morgan fingerprint density at radius 1 is 1.11 bits per heavy atom. The van der Waals surface area contributed by atoms with E-state index in [1.807, 2.05) is 52.2 Å². The quantitative estimate of drug-likeness (QED) is 0.670. The molecule has 2 aliphatic rings. The summed E-state index contributed by atoms with van der Waals surface area (Å²) in [4.78, 5) is 14.9. The Labute approximate surface area is 162 Å². The van der Waals surface area contributed by atoms with Crippen molar-refractivity contribution in [3.63, 3.8) is 0 Å². The topological polar surface area (TPSA) is 38.1 Å². The first-order valence-electron chi connectivity index (χ1n) is 9.10. The minimum atomic E-state index is 0.0780. The second-order valence-electron chi connectivity index (χ2n) is 6.98. The molecule has 1 aromatic heterocycles. The molecule has 1 amide bonds. The van der Waals surface area contributed by atoms with Crippen LogP contribution in [0.15, 0.2) is 54.7 Å². The van der Waals surface area contributed by atoms with Gasteiger partial charge in [0.05, 0.1) is 22.6 Å². The lowest BCUT2D eigenvalue weighted by molar-refractivity contribution is 0.0734. The average Bonchev–Trinajstić information content (AvgIpc) is 3.33. The van der Waals surface area contributed by atoms with Gasteiger partial charge < -0.3 is 4.90 Å². The van der Waals surface area contributed by atoms with Crippen LogP contribution in [0.4, 0.5) is 0 Å². The molecular formula is C22H18ClN3O. The molecule has 5 heteroatoms. The van der Waals surface area contributed by atoms with Crippen molar-refractivity contribution in [1.29, 1.82) is 0 Å². The summed E-state index contributed by atoms with van der Waals surface area (Å²) in [5.41, 5.74) is 6.28. The lowest BCUT2D eigenvalue weighted by atomic mass is 10.0. The van der Waals surface area contributed by atoms with Crippen LogP contribution in [0.3, 0.4) is 0 Å². The molecule has 134 valence electrons. The Morgan fingerprint density at radius 3 is 2.89 bits per heavy atom. The molecule has 0 bridgehead atoms. The monoisotopic (exact) mass is 375 g/mol. The van der Waals surface area contributed by atoms with E-state index in [2.05, 4.69) is 23.3 Å². The highest BCUT2D eigenvalue weighted by molar-refractivity contribution is 6.32. The maximum absolute atomic E-state index is 13.0. The van der Waals surface area contributed by atoms with E-state index in [-0.39, 0.29) is 5.91 Å². The number of halogens is 1. The van der Waals surface area contributed by atoms with Crippen molar-refractivity contribution < 1.29 is 4.79 Å². The predicted octanol–water partition coefficient (Wildman–Crippen LogP) is 4.29. The standard InChI is InChI=1S/C22H18ClN3O/c23-19-6-1-2-7-21(19)26-20-10-11-25(14-18(20)13-24-26)22(27)17-9-8-15-4-3-5-16(15)12-17/h1-3,5-9,12-13H,4,10-11,14H2. The van der Waals surface area contributed by atoms with Gasteiger partial charge in [-0.15, -0.1) is 0 Å². The van der Waals surface area contributed by atoms with Crippen LogP contribution in [0.25, 0.3) is 11.8 Å². The first-order valence-corrected chi connectivity index (χ1v) is 9.48. The SMILES string of the molecule is O=C(c1ccc2c(c1)C=CC2)N1CCc2c(cnn2-c2ccccc2Cl)C1.